The number of ketones is 1. The van der Waals surface area contributed by atoms with Crippen molar-refractivity contribution in [3.05, 3.63) is 99.3 Å². The number of aliphatic hydroxyl groups is 1. The van der Waals surface area contributed by atoms with Gasteiger partial charge in [-0.25, -0.2) is 0 Å². The number of benzene rings is 2. The van der Waals surface area contributed by atoms with Crippen molar-refractivity contribution in [1.29, 1.82) is 0 Å². The quantitative estimate of drug-likeness (QED) is 0.328. The van der Waals surface area contributed by atoms with E-state index in [4.69, 9.17) is 16.3 Å². The number of Topliss-reactive ketones (excluding diaryl/α,β-unsaturated/α-hetero) is 1. The number of aryl methyl sites for hydroxylation is 2. The normalized spacial score (nSPS) is 17.5. The largest absolute Gasteiger partial charge is 0.507 e. The summed E-state index contributed by atoms with van der Waals surface area (Å²) >= 11 is 6.34. The van der Waals surface area contributed by atoms with Crippen LogP contribution < -0.4 is 4.74 Å². The van der Waals surface area contributed by atoms with Crippen molar-refractivity contribution >= 4 is 29.1 Å². The highest BCUT2D eigenvalue weighted by Gasteiger charge is 2.47. The second-order valence-electron chi connectivity index (χ2n) is 7.93. The molecule has 33 heavy (non-hydrogen) atoms. The third-order valence-corrected chi connectivity index (χ3v) is 6.01. The first kappa shape index (κ1) is 22.6. The fourth-order valence-electron chi connectivity index (χ4n) is 4.18. The number of ether oxygens (including phenoxy) is 1. The van der Waals surface area contributed by atoms with Gasteiger partial charge in [0.05, 0.1) is 41.5 Å². The molecule has 0 bridgehead atoms. The zero-order valence-electron chi connectivity index (χ0n) is 18.5. The fraction of sp³-hybridized carbons (Fsp3) is 0.192. The van der Waals surface area contributed by atoms with Gasteiger partial charge in [0.15, 0.2) is 0 Å². The van der Waals surface area contributed by atoms with E-state index < -0.39 is 17.7 Å². The minimum absolute atomic E-state index is 0.00908. The summed E-state index contributed by atoms with van der Waals surface area (Å²) in [7, 11) is 1.44. The number of likely N-dealkylation sites (tertiary alicyclic amines) is 1. The highest BCUT2D eigenvalue weighted by atomic mass is 35.5. The highest BCUT2D eigenvalue weighted by molar-refractivity contribution is 6.46. The summed E-state index contributed by atoms with van der Waals surface area (Å²) in [5, 5.41) is 11.7. The first-order valence-electron chi connectivity index (χ1n) is 10.4. The van der Waals surface area contributed by atoms with Gasteiger partial charge in [0.1, 0.15) is 11.5 Å². The van der Waals surface area contributed by atoms with Gasteiger partial charge in [-0.1, -0.05) is 41.9 Å². The van der Waals surface area contributed by atoms with Crippen LogP contribution in [0, 0.1) is 13.8 Å². The van der Waals surface area contributed by atoms with Gasteiger partial charge < -0.3 is 14.7 Å². The van der Waals surface area contributed by atoms with Crippen LogP contribution in [0.2, 0.25) is 5.02 Å². The zero-order valence-corrected chi connectivity index (χ0v) is 19.3. The number of methoxy groups -OCH3 is 1. The highest BCUT2D eigenvalue weighted by Crippen LogP contribution is 2.43. The molecule has 0 aliphatic carbocycles. The molecule has 2 aromatic carbocycles. The molecule has 4 rings (SSSR count). The summed E-state index contributed by atoms with van der Waals surface area (Å²) in [6.45, 7) is 3.84. The van der Waals surface area contributed by atoms with Gasteiger partial charge in [-0.05, 0) is 54.8 Å². The number of carbonyl (C=O) groups is 2. The molecule has 1 fully saturated rings. The second-order valence-corrected chi connectivity index (χ2v) is 8.34. The average Bonchev–Trinajstić information content (AvgIpc) is 3.04. The molecule has 0 radical (unpaired) electrons. The van der Waals surface area contributed by atoms with E-state index in [1.165, 1.54) is 12.0 Å². The zero-order chi connectivity index (χ0) is 23.7. The van der Waals surface area contributed by atoms with Crippen molar-refractivity contribution in [2.24, 2.45) is 0 Å². The lowest BCUT2D eigenvalue weighted by Crippen LogP contribution is -2.29. The van der Waals surface area contributed by atoms with Gasteiger partial charge in [-0.3, -0.25) is 14.6 Å². The number of amides is 1. The molecule has 1 saturated heterocycles. The number of aliphatic hydroxyl groups excluding tert-OH is 1. The Morgan fingerprint density at radius 2 is 1.85 bits per heavy atom. The van der Waals surface area contributed by atoms with Gasteiger partial charge in [-0.15, -0.1) is 0 Å². The Morgan fingerprint density at radius 1 is 1.12 bits per heavy atom. The summed E-state index contributed by atoms with van der Waals surface area (Å²) in [6, 6.07) is 15.5. The van der Waals surface area contributed by atoms with Crippen LogP contribution in [0.15, 0.2) is 66.4 Å². The summed E-state index contributed by atoms with van der Waals surface area (Å²) in [6.07, 6.45) is 1.63. The SMILES string of the molecule is COc1c(Cl)cc(C)cc1/C(O)=C1\C(=O)C(=O)N(Cc2ccccn2)C1c1ccccc1C. The van der Waals surface area contributed by atoms with Crippen molar-refractivity contribution < 1.29 is 19.4 Å². The third-order valence-electron chi connectivity index (χ3n) is 5.73. The van der Waals surface area contributed by atoms with Gasteiger partial charge in [0.2, 0.25) is 0 Å². The van der Waals surface area contributed by atoms with E-state index in [9.17, 15) is 14.7 Å². The molecule has 1 aliphatic heterocycles. The predicted molar refractivity (Wildman–Crippen MR) is 126 cm³/mol. The smallest absolute Gasteiger partial charge is 0.296 e. The maximum atomic E-state index is 13.3. The van der Waals surface area contributed by atoms with Crippen molar-refractivity contribution in [2.75, 3.05) is 7.11 Å². The maximum Gasteiger partial charge on any atom is 0.296 e. The molecule has 3 aromatic rings. The lowest BCUT2D eigenvalue weighted by atomic mass is 9.92. The number of halogens is 1. The summed E-state index contributed by atoms with van der Waals surface area (Å²) in [5.41, 5.74) is 3.29. The Kier molecular flexibility index (Phi) is 6.20. The first-order chi connectivity index (χ1) is 15.8. The molecule has 7 heteroatoms. The van der Waals surface area contributed by atoms with E-state index in [1.54, 1.807) is 30.5 Å². The number of carbonyl (C=O) groups excluding carboxylic acids is 2. The van der Waals surface area contributed by atoms with Crippen LogP contribution >= 0.6 is 11.6 Å². The van der Waals surface area contributed by atoms with E-state index >= 15 is 0 Å². The number of aromatic nitrogens is 1. The molecule has 1 N–H and O–H groups in total. The van der Waals surface area contributed by atoms with E-state index in [1.807, 2.05) is 44.2 Å². The minimum atomic E-state index is -0.794. The lowest BCUT2D eigenvalue weighted by Gasteiger charge is -2.26. The molecule has 1 aromatic heterocycles. The third kappa shape index (κ3) is 4.10. The standard InChI is InChI=1S/C26H23ClN2O4/c1-15-12-19(25(33-3)20(27)13-15)23(30)21-22(18-10-5-4-8-16(18)2)29(26(32)24(21)31)14-17-9-6-7-11-28-17/h4-13,22,30H,14H2,1-3H3/b23-21+. The topological polar surface area (TPSA) is 79.7 Å². The molecular formula is C26H23ClN2O4. The van der Waals surface area contributed by atoms with Gasteiger partial charge in [0, 0.05) is 6.20 Å². The van der Waals surface area contributed by atoms with Crippen LogP contribution in [0.4, 0.5) is 0 Å². The maximum absolute atomic E-state index is 13.3. The van der Waals surface area contributed by atoms with Crippen LogP contribution in [0.3, 0.4) is 0 Å². The first-order valence-corrected chi connectivity index (χ1v) is 10.8. The van der Waals surface area contributed by atoms with Crippen LogP contribution in [-0.4, -0.2) is 33.8 Å². The summed E-state index contributed by atoms with van der Waals surface area (Å²) in [4.78, 5) is 32.2. The Bertz CT molecular complexity index is 1270. The van der Waals surface area contributed by atoms with E-state index in [-0.39, 0.29) is 29.2 Å². The Morgan fingerprint density at radius 3 is 2.52 bits per heavy atom. The molecule has 1 atom stereocenters. The van der Waals surface area contributed by atoms with Crippen LogP contribution in [0.5, 0.6) is 5.75 Å². The monoisotopic (exact) mass is 462 g/mol. The Hall–Kier alpha value is -3.64. The second kappa shape index (κ2) is 9.08. The van der Waals surface area contributed by atoms with Crippen LogP contribution in [0.1, 0.15) is 34.0 Å². The molecule has 0 spiro atoms. The number of pyridine rings is 1. The van der Waals surface area contributed by atoms with Gasteiger partial charge in [-0.2, -0.15) is 0 Å². The van der Waals surface area contributed by atoms with Crippen molar-refractivity contribution in [3.63, 3.8) is 0 Å². The molecular weight excluding hydrogens is 440 g/mol. The molecule has 6 nitrogen and oxygen atoms in total. The van der Waals surface area contributed by atoms with Crippen molar-refractivity contribution in [1.82, 2.24) is 9.88 Å². The number of hydrogen-bond donors (Lipinski definition) is 1. The molecule has 1 amide bonds. The van der Waals surface area contributed by atoms with E-state index in [0.717, 1.165) is 16.7 Å². The Labute approximate surface area is 197 Å². The van der Waals surface area contributed by atoms with Crippen molar-refractivity contribution in [3.8, 4) is 5.75 Å². The van der Waals surface area contributed by atoms with Gasteiger partial charge in [0.25, 0.3) is 11.7 Å². The number of rotatable bonds is 5. The number of hydrogen-bond acceptors (Lipinski definition) is 5. The minimum Gasteiger partial charge on any atom is -0.507 e. The number of nitrogens with zero attached hydrogens (tertiary/aromatic N) is 2. The van der Waals surface area contributed by atoms with E-state index in [0.29, 0.717) is 10.7 Å². The van der Waals surface area contributed by atoms with Gasteiger partial charge >= 0.3 is 0 Å². The lowest BCUT2D eigenvalue weighted by molar-refractivity contribution is -0.140. The van der Waals surface area contributed by atoms with E-state index in [2.05, 4.69) is 4.98 Å². The average molecular weight is 463 g/mol. The molecule has 0 saturated carbocycles. The summed E-state index contributed by atoms with van der Waals surface area (Å²) < 4.78 is 5.42. The predicted octanol–water partition coefficient (Wildman–Crippen LogP) is 4.98. The molecule has 168 valence electrons. The summed E-state index contributed by atoms with van der Waals surface area (Å²) in [5.74, 6) is -1.56. The van der Waals surface area contributed by atoms with Crippen LogP contribution in [0.25, 0.3) is 5.76 Å². The molecule has 2 heterocycles. The van der Waals surface area contributed by atoms with Crippen LogP contribution in [-0.2, 0) is 16.1 Å². The van der Waals surface area contributed by atoms with Crippen molar-refractivity contribution in [2.45, 2.75) is 26.4 Å². The fourth-order valence-corrected chi connectivity index (χ4v) is 4.53. The Balaban J connectivity index is 1.95. The molecule has 1 unspecified atom stereocenters. The molecule has 1 aliphatic rings.